The number of esters is 2. The van der Waals surface area contributed by atoms with E-state index in [4.69, 9.17) is 0 Å². The molecular formula is C14H18F8O4. The van der Waals surface area contributed by atoms with Crippen LogP contribution in [0.2, 0.25) is 0 Å². The summed E-state index contributed by atoms with van der Waals surface area (Å²) in [6.07, 6.45) is -5.99. The van der Waals surface area contributed by atoms with Crippen LogP contribution in [0, 0.1) is 5.92 Å². The molecule has 0 aliphatic heterocycles. The lowest BCUT2D eigenvalue weighted by Gasteiger charge is -2.31. The first-order valence-electron chi connectivity index (χ1n) is 7.38. The summed E-state index contributed by atoms with van der Waals surface area (Å²) in [5.74, 6) is -20.8. The second-order valence-electron chi connectivity index (χ2n) is 5.77. The Kier molecular flexibility index (Phi) is 8.77. The van der Waals surface area contributed by atoms with Gasteiger partial charge in [0, 0.05) is 0 Å². The summed E-state index contributed by atoms with van der Waals surface area (Å²) in [6, 6.07) is 0. The van der Waals surface area contributed by atoms with Gasteiger partial charge >= 0.3 is 36.1 Å². The molecule has 4 nitrogen and oxygen atoms in total. The average molecular weight is 402 g/mol. The van der Waals surface area contributed by atoms with Gasteiger partial charge in [-0.05, 0) is 12.3 Å². The molecule has 154 valence electrons. The molecule has 0 unspecified atom stereocenters. The van der Waals surface area contributed by atoms with E-state index >= 15 is 0 Å². The van der Waals surface area contributed by atoms with Crippen molar-refractivity contribution in [2.24, 2.45) is 5.92 Å². The molecule has 0 bridgehead atoms. The highest BCUT2D eigenvalue weighted by atomic mass is 19.4. The van der Waals surface area contributed by atoms with Crippen molar-refractivity contribution < 1.29 is 54.2 Å². The third-order valence-corrected chi connectivity index (χ3v) is 3.06. The van der Waals surface area contributed by atoms with E-state index in [2.05, 4.69) is 9.47 Å². The van der Waals surface area contributed by atoms with Gasteiger partial charge in [0.15, 0.2) is 6.61 Å². The zero-order chi connectivity index (χ0) is 20.8. The number of hydrogen-bond donors (Lipinski definition) is 0. The molecule has 0 atom stereocenters. The van der Waals surface area contributed by atoms with Crippen LogP contribution in [0.4, 0.5) is 35.1 Å². The maximum Gasteiger partial charge on any atom is 0.381 e. The van der Waals surface area contributed by atoms with Crippen LogP contribution in [0.1, 0.15) is 33.1 Å². The van der Waals surface area contributed by atoms with E-state index in [0.717, 1.165) is 0 Å². The maximum atomic E-state index is 13.1. The van der Waals surface area contributed by atoms with Gasteiger partial charge in [0.2, 0.25) is 0 Å². The quantitative estimate of drug-likeness (QED) is 0.386. The molecule has 12 heteroatoms. The third-order valence-electron chi connectivity index (χ3n) is 3.06. The number of carbonyl (C=O) groups excluding carboxylic acids is 2. The van der Waals surface area contributed by atoms with Crippen molar-refractivity contribution in [3.05, 3.63) is 0 Å². The summed E-state index contributed by atoms with van der Waals surface area (Å²) < 4.78 is 109. The normalized spacial score (nSPS) is 13.2. The number of halogens is 8. The summed E-state index contributed by atoms with van der Waals surface area (Å²) in [4.78, 5) is 22.4. The Morgan fingerprint density at radius 2 is 1.35 bits per heavy atom. The minimum absolute atomic E-state index is 0.0402. The molecule has 0 amide bonds. The molecule has 0 heterocycles. The Bertz CT molecular complexity index is 480. The van der Waals surface area contributed by atoms with Crippen molar-refractivity contribution in [2.45, 2.75) is 57.3 Å². The van der Waals surface area contributed by atoms with Crippen LogP contribution >= 0.6 is 0 Å². The molecule has 0 aliphatic carbocycles. The van der Waals surface area contributed by atoms with Crippen molar-refractivity contribution in [1.82, 2.24) is 0 Å². The molecule has 0 N–H and O–H groups in total. The molecule has 0 saturated heterocycles. The van der Waals surface area contributed by atoms with Gasteiger partial charge in [0.05, 0.1) is 19.4 Å². The number of hydrogen-bond acceptors (Lipinski definition) is 4. The van der Waals surface area contributed by atoms with E-state index < -0.39 is 55.6 Å². The van der Waals surface area contributed by atoms with Gasteiger partial charge in [-0.1, -0.05) is 13.8 Å². The van der Waals surface area contributed by atoms with Crippen LogP contribution in [0.3, 0.4) is 0 Å². The lowest BCUT2D eigenvalue weighted by atomic mass is 10.1. The van der Waals surface area contributed by atoms with Gasteiger partial charge < -0.3 is 9.47 Å². The van der Waals surface area contributed by atoms with E-state index in [1.165, 1.54) is 0 Å². The summed E-state index contributed by atoms with van der Waals surface area (Å²) in [5.41, 5.74) is 0. The van der Waals surface area contributed by atoms with Crippen molar-refractivity contribution >= 4 is 11.9 Å². The smallest absolute Gasteiger partial charge is 0.381 e. The van der Waals surface area contributed by atoms with Crippen molar-refractivity contribution in [3.8, 4) is 0 Å². The third kappa shape index (κ3) is 6.60. The van der Waals surface area contributed by atoms with E-state index in [1.807, 2.05) is 13.8 Å². The van der Waals surface area contributed by atoms with Crippen LogP contribution in [0.5, 0.6) is 0 Å². The molecule has 0 saturated carbocycles. The fraction of sp³-hybridized carbons (Fsp3) is 0.857. The molecule has 0 spiro atoms. The fourth-order valence-electron chi connectivity index (χ4n) is 1.40. The summed E-state index contributed by atoms with van der Waals surface area (Å²) in [7, 11) is 0. The average Bonchev–Trinajstić information content (AvgIpc) is 2.50. The van der Waals surface area contributed by atoms with Crippen LogP contribution < -0.4 is 0 Å². The highest BCUT2D eigenvalue weighted by Crippen LogP contribution is 2.48. The Morgan fingerprint density at radius 1 is 0.885 bits per heavy atom. The zero-order valence-corrected chi connectivity index (χ0v) is 13.8. The number of alkyl halides is 8. The molecule has 0 aromatic rings. The van der Waals surface area contributed by atoms with E-state index in [9.17, 15) is 44.7 Å². The second-order valence-corrected chi connectivity index (χ2v) is 5.77. The Morgan fingerprint density at radius 3 is 1.77 bits per heavy atom. The molecule has 0 fully saturated rings. The number of rotatable bonds is 11. The molecule has 26 heavy (non-hydrogen) atoms. The van der Waals surface area contributed by atoms with Crippen LogP contribution in [-0.4, -0.2) is 49.3 Å². The largest absolute Gasteiger partial charge is 0.466 e. The van der Waals surface area contributed by atoms with E-state index in [0.29, 0.717) is 6.42 Å². The van der Waals surface area contributed by atoms with Gasteiger partial charge in [-0.2, -0.15) is 26.3 Å². The van der Waals surface area contributed by atoms with Crippen molar-refractivity contribution in [2.75, 3.05) is 13.2 Å². The SMILES string of the molecule is CC(C)CCOC(=O)CCC(=O)OCC(F)(F)C(F)(F)C(F)(F)C(F)F. The summed E-state index contributed by atoms with van der Waals surface area (Å²) in [6.45, 7) is 1.18. The number of carbonyl (C=O) groups is 2. The first kappa shape index (κ1) is 24.4. The van der Waals surface area contributed by atoms with Crippen LogP contribution in [-0.2, 0) is 19.1 Å². The van der Waals surface area contributed by atoms with Crippen molar-refractivity contribution in [3.63, 3.8) is 0 Å². The van der Waals surface area contributed by atoms with Gasteiger partial charge in [0.1, 0.15) is 0 Å². The standard InChI is InChI=1S/C14H18F8O4/c1-8(2)5-6-25-9(23)3-4-10(24)26-7-12(17,18)14(21,22)13(19,20)11(15)16/h8,11H,3-7H2,1-2H3. The predicted octanol–water partition coefficient (Wildman–Crippen LogP) is 4.07. The van der Waals surface area contributed by atoms with Crippen molar-refractivity contribution in [1.29, 1.82) is 0 Å². The zero-order valence-electron chi connectivity index (χ0n) is 13.8. The molecular weight excluding hydrogens is 384 g/mol. The molecule has 0 radical (unpaired) electrons. The first-order valence-corrected chi connectivity index (χ1v) is 7.38. The van der Waals surface area contributed by atoms with Crippen LogP contribution in [0.25, 0.3) is 0 Å². The maximum absolute atomic E-state index is 13.1. The molecule has 0 aromatic carbocycles. The molecule has 0 rings (SSSR count). The second kappa shape index (κ2) is 9.36. The highest BCUT2D eigenvalue weighted by molar-refractivity contribution is 5.77. The predicted molar refractivity (Wildman–Crippen MR) is 71.5 cm³/mol. The molecule has 0 aromatic heterocycles. The monoisotopic (exact) mass is 402 g/mol. The first-order chi connectivity index (χ1) is 11.6. The summed E-state index contributed by atoms with van der Waals surface area (Å²) in [5, 5.41) is 0. The lowest BCUT2D eigenvalue weighted by molar-refractivity contribution is -0.344. The Hall–Kier alpha value is -1.62. The fourth-order valence-corrected chi connectivity index (χ4v) is 1.40. The van der Waals surface area contributed by atoms with Gasteiger partial charge in [-0.15, -0.1) is 0 Å². The minimum Gasteiger partial charge on any atom is -0.466 e. The topological polar surface area (TPSA) is 52.6 Å². The van der Waals surface area contributed by atoms with Gasteiger partial charge in [0.25, 0.3) is 0 Å². The minimum atomic E-state index is -6.45. The number of ether oxygens (including phenoxy) is 2. The Labute approximate surface area is 143 Å². The highest BCUT2D eigenvalue weighted by Gasteiger charge is 2.75. The summed E-state index contributed by atoms with van der Waals surface area (Å²) >= 11 is 0. The Balaban J connectivity index is 4.50. The van der Waals surface area contributed by atoms with Gasteiger partial charge in [-0.25, -0.2) is 8.78 Å². The van der Waals surface area contributed by atoms with Gasteiger partial charge in [-0.3, -0.25) is 9.59 Å². The molecule has 0 aliphatic rings. The van der Waals surface area contributed by atoms with E-state index in [1.54, 1.807) is 0 Å². The van der Waals surface area contributed by atoms with E-state index in [-0.39, 0.29) is 12.5 Å². The lowest BCUT2D eigenvalue weighted by Crippen LogP contribution is -2.59. The van der Waals surface area contributed by atoms with Crippen LogP contribution in [0.15, 0.2) is 0 Å².